The molecule has 1 unspecified atom stereocenters. The number of aliphatic hydroxyl groups is 2. The molecule has 1 aliphatic rings. The van der Waals surface area contributed by atoms with Gasteiger partial charge in [0.15, 0.2) is 12.4 Å². The van der Waals surface area contributed by atoms with E-state index < -0.39 is 29.5 Å². The molecule has 0 radical (unpaired) electrons. The van der Waals surface area contributed by atoms with Crippen molar-refractivity contribution in [1.29, 1.82) is 0 Å². The lowest BCUT2D eigenvalue weighted by molar-refractivity contribution is -0.441. The van der Waals surface area contributed by atoms with E-state index >= 15 is 0 Å². The molecule has 0 aromatic heterocycles. The summed E-state index contributed by atoms with van der Waals surface area (Å²) in [6.45, 7) is 4.98. The number of rotatable bonds is 7. The number of nitro groups is 1. The van der Waals surface area contributed by atoms with E-state index in [0.29, 0.717) is 12.8 Å². The molecule has 7 heteroatoms. The topological polar surface area (TPSA) is 102 Å². The van der Waals surface area contributed by atoms with Crippen molar-refractivity contribution in [3.8, 4) is 0 Å². The predicted octanol–water partition coefficient (Wildman–Crippen LogP) is 0.986. The monoisotopic (exact) mass is 287 g/mol. The third kappa shape index (κ3) is 4.68. The fourth-order valence-electron chi connectivity index (χ4n) is 2.12. The number of hydrogen-bond acceptors (Lipinski definition) is 6. The molecule has 0 spiro atoms. The van der Waals surface area contributed by atoms with E-state index in [-0.39, 0.29) is 18.7 Å². The lowest BCUT2D eigenvalue weighted by Gasteiger charge is -2.33. The lowest BCUT2D eigenvalue weighted by Crippen LogP contribution is -2.41. The van der Waals surface area contributed by atoms with Crippen LogP contribution >= 0.6 is 0 Å². The maximum Gasteiger partial charge on any atom is 0.274 e. The number of nitrogens with zero attached hydrogens (tertiary/aromatic N) is 1. The van der Waals surface area contributed by atoms with Crippen LogP contribution < -0.4 is 0 Å². The molecule has 1 heterocycles. The zero-order chi connectivity index (χ0) is 15.1. The highest BCUT2D eigenvalue weighted by Crippen LogP contribution is 2.24. The lowest BCUT2D eigenvalue weighted by atomic mass is 10.1. The van der Waals surface area contributed by atoms with Gasteiger partial charge in [0.25, 0.3) is 5.70 Å². The van der Waals surface area contributed by atoms with Crippen molar-refractivity contribution >= 4 is 0 Å². The van der Waals surface area contributed by atoms with E-state index in [0.717, 1.165) is 0 Å². The maximum atomic E-state index is 11.0. The molecule has 2 N–H and O–H groups in total. The first-order valence-corrected chi connectivity index (χ1v) is 6.58. The van der Waals surface area contributed by atoms with Crippen molar-refractivity contribution in [2.24, 2.45) is 0 Å². The first-order valence-electron chi connectivity index (χ1n) is 6.58. The minimum Gasteiger partial charge on any atom is -0.394 e. The van der Waals surface area contributed by atoms with E-state index in [1.807, 2.05) is 0 Å². The number of ether oxygens (including phenoxy) is 2. The molecule has 1 fully saturated rings. The van der Waals surface area contributed by atoms with Crippen LogP contribution in [0.15, 0.2) is 24.4 Å². The fourth-order valence-corrected chi connectivity index (χ4v) is 2.12. The number of aliphatic hydroxyl groups excluding tert-OH is 2. The Kier molecular flexibility index (Phi) is 6.80. The van der Waals surface area contributed by atoms with Gasteiger partial charge in [0.05, 0.1) is 23.7 Å². The van der Waals surface area contributed by atoms with Crippen molar-refractivity contribution < 1.29 is 24.6 Å². The van der Waals surface area contributed by atoms with Gasteiger partial charge >= 0.3 is 0 Å². The van der Waals surface area contributed by atoms with Crippen LogP contribution in [0.3, 0.4) is 0 Å². The molecule has 20 heavy (non-hydrogen) atoms. The van der Waals surface area contributed by atoms with Crippen LogP contribution in [0, 0.1) is 10.1 Å². The van der Waals surface area contributed by atoms with Crippen LogP contribution in [-0.2, 0) is 9.47 Å². The largest absolute Gasteiger partial charge is 0.394 e. The van der Waals surface area contributed by atoms with Crippen molar-refractivity contribution in [3.63, 3.8) is 0 Å². The van der Waals surface area contributed by atoms with E-state index in [2.05, 4.69) is 6.58 Å². The smallest absolute Gasteiger partial charge is 0.274 e. The van der Waals surface area contributed by atoms with E-state index in [4.69, 9.17) is 14.6 Å². The van der Waals surface area contributed by atoms with Crippen LogP contribution in [0.2, 0.25) is 0 Å². The Morgan fingerprint density at radius 1 is 1.65 bits per heavy atom. The van der Waals surface area contributed by atoms with Crippen molar-refractivity contribution in [3.05, 3.63) is 34.5 Å². The van der Waals surface area contributed by atoms with Gasteiger partial charge in [-0.15, -0.1) is 0 Å². The standard InChI is InChI=1S/C13H21NO6/c1-3-5-11(14(17)18)12(4-2)20-13-7-9(16)6-10(8-15)19-13/h3,5,9-10,12-13,15-16H,1,4,6-8H2,2H3/b11-5+/t9-,10-,12?,13-/m0/s1. The molecule has 4 atom stereocenters. The molecule has 0 aromatic rings. The Hall–Kier alpha value is -1.28. The summed E-state index contributed by atoms with van der Waals surface area (Å²) in [4.78, 5) is 10.5. The summed E-state index contributed by atoms with van der Waals surface area (Å²) < 4.78 is 11.0. The third-order valence-electron chi connectivity index (χ3n) is 3.06. The molecule has 0 aromatic carbocycles. The van der Waals surface area contributed by atoms with Gasteiger partial charge in [-0.3, -0.25) is 10.1 Å². The van der Waals surface area contributed by atoms with E-state index in [1.54, 1.807) is 6.92 Å². The molecule has 0 aliphatic carbocycles. The van der Waals surface area contributed by atoms with Gasteiger partial charge in [-0.1, -0.05) is 19.6 Å². The van der Waals surface area contributed by atoms with Gasteiger partial charge < -0.3 is 19.7 Å². The fraction of sp³-hybridized carbons (Fsp3) is 0.692. The normalized spacial score (nSPS) is 28.9. The zero-order valence-electron chi connectivity index (χ0n) is 11.5. The first-order chi connectivity index (χ1) is 9.51. The Balaban J connectivity index is 2.74. The predicted molar refractivity (Wildman–Crippen MR) is 71.4 cm³/mol. The average molecular weight is 287 g/mol. The summed E-state index contributed by atoms with van der Waals surface area (Å²) in [5.41, 5.74) is -0.105. The summed E-state index contributed by atoms with van der Waals surface area (Å²) >= 11 is 0. The minimum atomic E-state index is -0.769. The molecular weight excluding hydrogens is 266 g/mol. The second-order valence-corrected chi connectivity index (χ2v) is 4.61. The van der Waals surface area contributed by atoms with E-state index in [9.17, 15) is 15.2 Å². The summed E-state index contributed by atoms with van der Waals surface area (Å²) in [5.74, 6) is 0. The van der Waals surface area contributed by atoms with Crippen LogP contribution in [0.5, 0.6) is 0 Å². The molecule has 7 nitrogen and oxygen atoms in total. The highest BCUT2D eigenvalue weighted by Gasteiger charge is 2.33. The summed E-state index contributed by atoms with van der Waals surface area (Å²) in [5, 5.41) is 29.8. The molecule has 1 rings (SSSR count). The Bertz CT molecular complexity index is 370. The minimum absolute atomic E-state index is 0.105. The zero-order valence-corrected chi connectivity index (χ0v) is 11.5. The second-order valence-electron chi connectivity index (χ2n) is 4.61. The van der Waals surface area contributed by atoms with Crippen LogP contribution in [0.1, 0.15) is 26.2 Å². The molecule has 1 saturated heterocycles. The summed E-state index contributed by atoms with van der Waals surface area (Å²) in [7, 11) is 0. The molecule has 0 amide bonds. The van der Waals surface area contributed by atoms with Crippen LogP contribution in [-0.4, -0.2) is 46.3 Å². The van der Waals surface area contributed by atoms with Gasteiger partial charge in [0, 0.05) is 18.9 Å². The quantitative estimate of drug-likeness (QED) is 0.411. The Labute approximate surface area is 117 Å². The summed E-state index contributed by atoms with van der Waals surface area (Å²) in [6.07, 6.45) is 0.888. The van der Waals surface area contributed by atoms with Gasteiger partial charge in [0.1, 0.15) is 0 Å². The molecule has 1 aliphatic heterocycles. The summed E-state index contributed by atoms with van der Waals surface area (Å²) in [6, 6.07) is 0. The third-order valence-corrected chi connectivity index (χ3v) is 3.06. The van der Waals surface area contributed by atoms with Crippen LogP contribution in [0.25, 0.3) is 0 Å². The van der Waals surface area contributed by atoms with Gasteiger partial charge in [-0.05, 0) is 6.42 Å². The molecule has 0 saturated carbocycles. The second kappa shape index (κ2) is 8.11. The highest BCUT2D eigenvalue weighted by atomic mass is 16.7. The molecular formula is C13H21NO6. The van der Waals surface area contributed by atoms with Gasteiger partial charge in [-0.2, -0.15) is 0 Å². The van der Waals surface area contributed by atoms with Gasteiger partial charge in [-0.25, -0.2) is 0 Å². The van der Waals surface area contributed by atoms with Crippen molar-refractivity contribution in [2.75, 3.05) is 6.61 Å². The molecule has 0 bridgehead atoms. The van der Waals surface area contributed by atoms with Crippen LogP contribution in [0.4, 0.5) is 0 Å². The van der Waals surface area contributed by atoms with Crippen molar-refractivity contribution in [2.45, 2.75) is 50.8 Å². The highest BCUT2D eigenvalue weighted by molar-refractivity contribution is 5.08. The van der Waals surface area contributed by atoms with Gasteiger partial charge in [0.2, 0.25) is 0 Å². The first kappa shape index (κ1) is 16.8. The number of hydrogen-bond donors (Lipinski definition) is 2. The Morgan fingerprint density at radius 3 is 2.85 bits per heavy atom. The Morgan fingerprint density at radius 2 is 2.35 bits per heavy atom. The average Bonchev–Trinajstić information content (AvgIpc) is 2.41. The maximum absolute atomic E-state index is 11.0. The van der Waals surface area contributed by atoms with E-state index in [1.165, 1.54) is 12.2 Å². The van der Waals surface area contributed by atoms with Crippen molar-refractivity contribution in [1.82, 2.24) is 0 Å². The SMILES string of the molecule is C=C/C=C(\C(CC)O[C@H]1C[C@@H](O)C[C@@H](CO)O1)[N+](=O)[O-]. The number of allylic oxidation sites excluding steroid dienone is 2. The molecule has 114 valence electrons.